The minimum absolute atomic E-state index is 0.327. The molecule has 1 saturated heterocycles. The van der Waals surface area contributed by atoms with Crippen LogP contribution >= 0.6 is 0 Å². The molecule has 2 rings (SSSR count). The van der Waals surface area contributed by atoms with E-state index in [1.807, 2.05) is 33.9 Å². The third kappa shape index (κ3) is 2.11. The maximum atomic E-state index is 5.91. The number of hydrogen-bond donors (Lipinski definition) is 0. The van der Waals surface area contributed by atoms with Gasteiger partial charge in [0.25, 0.3) is 0 Å². The highest BCUT2D eigenvalue weighted by molar-refractivity contribution is 6.61. The molecule has 0 N–H and O–H groups in total. The molecule has 0 amide bonds. The molecule has 90 valence electrons. The number of rotatable bonds is 2. The SMILES string of the molecule is C#CCn1cc(B2OC(C)(C)C(C)(C)O2)cn1. The molecule has 1 aromatic rings. The molecule has 2 heterocycles. The molecule has 0 radical (unpaired) electrons. The Morgan fingerprint density at radius 2 is 1.94 bits per heavy atom. The van der Waals surface area contributed by atoms with Gasteiger partial charge < -0.3 is 9.31 Å². The summed E-state index contributed by atoms with van der Waals surface area (Å²) in [7, 11) is -0.369. The van der Waals surface area contributed by atoms with Gasteiger partial charge in [0.05, 0.1) is 11.2 Å². The zero-order valence-electron chi connectivity index (χ0n) is 10.7. The quantitative estimate of drug-likeness (QED) is 0.559. The van der Waals surface area contributed by atoms with Crippen molar-refractivity contribution in [2.45, 2.75) is 45.4 Å². The molecule has 1 aromatic heterocycles. The van der Waals surface area contributed by atoms with Crippen LogP contribution in [-0.2, 0) is 15.9 Å². The monoisotopic (exact) mass is 232 g/mol. The zero-order valence-corrected chi connectivity index (χ0v) is 10.7. The predicted molar refractivity (Wildman–Crippen MR) is 66.8 cm³/mol. The van der Waals surface area contributed by atoms with Crippen molar-refractivity contribution >= 4 is 12.6 Å². The third-order valence-electron chi connectivity index (χ3n) is 3.43. The van der Waals surface area contributed by atoms with Crippen LogP contribution in [0, 0.1) is 12.3 Å². The summed E-state index contributed by atoms with van der Waals surface area (Å²) in [5.74, 6) is 2.54. The maximum absolute atomic E-state index is 5.91. The lowest BCUT2D eigenvalue weighted by Crippen LogP contribution is -2.41. The van der Waals surface area contributed by atoms with E-state index < -0.39 is 0 Å². The molecule has 0 bridgehead atoms. The number of aromatic nitrogens is 2. The third-order valence-corrected chi connectivity index (χ3v) is 3.43. The van der Waals surface area contributed by atoms with Crippen molar-refractivity contribution in [2.75, 3.05) is 0 Å². The Balaban J connectivity index is 2.18. The predicted octanol–water partition coefficient (Wildman–Crippen LogP) is 0.815. The summed E-state index contributed by atoms with van der Waals surface area (Å²) in [5.41, 5.74) is 0.247. The molecule has 0 saturated carbocycles. The Morgan fingerprint density at radius 3 is 2.47 bits per heavy atom. The van der Waals surface area contributed by atoms with Gasteiger partial charge in [0.2, 0.25) is 0 Å². The van der Waals surface area contributed by atoms with E-state index in [2.05, 4.69) is 11.0 Å². The van der Waals surface area contributed by atoms with Crippen molar-refractivity contribution in [2.24, 2.45) is 0 Å². The van der Waals surface area contributed by atoms with E-state index in [0.29, 0.717) is 6.54 Å². The molecule has 0 spiro atoms. The first-order valence-corrected chi connectivity index (χ1v) is 5.67. The highest BCUT2D eigenvalue weighted by Crippen LogP contribution is 2.36. The van der Waals surface area contributed by atoms with Gasteiger partial charge in [0.15, 0.2) is 0 Å². The van der Waals surface area contributed by atoms with Gasteiger partial charge in [-0.15, -0.1) is 6.42 Å². The van der Waals surface area contributed by atoms with Crippen LogP contribution < -0.4 is 5.46 Å². The van der Waals surface area contributed by atoms with Gasteiger partial charge >= 0.3 is 7.12 Å². The van der Waals surface area contributed by atoms with Crippen LogP contribution in [0.25, 0.3) is 0 Å². The average Bonchev–Trinajstić information content (AvgIpc) is 2.71. The molecule has 0 unspecified atom stereocenters. The number of nitrogens with zero attached hydrogens (tertiary/aromatic N) is 2. The Bertz CT molecular complexity index is 443. The van der Waals surface area contributed by atoms with Crippen LogP contribution in [-0.4, -0.2) is 28.1 Å². The number of terminal acetylenes is 1. The first-order valence-electron chi connectivity index (χ1n) is 5.67. The highest BCUT2D eigenvalue weighted by atomic mass is 16.7. The molecule has 1 aliphatic heterocycles. The first-order chi connectivity index (χ1) is 7.86. The Kier molecular flexibility index (Phi) is 2.80. The van der Waals surface area contributed by atoms with E-state index in [1.165, 1.54) is 0 Å². The van der Waals surface area contributed by atoms with Gasteiger partial charge in [-0.05, 0) is 27.7 Å². The van der Waals surface area contributed by atoms with Crippen LogP contribution in [0.3, 0.4) is 0 Å². The van der Waals surface area contributed by atoms with Crippen LogP contribution in [0.2, 0.25) is 0 Å². The minimum Gasteiger partial charge on any atom is -0.399 e. The Morgan fingerprint density at radius 1 is 1.35 bits per heavy atom. The van der Waals surface area contributed by atoms with E-state index in [4.69, 9.17) is 15.7 Å². The Labute approximate surface area is 102 Å². The van der Waals surface area contributed by atoms with Crippen molar-refractivity contribution in [3.63, 3.8) is 0 Å². The number of hydrogen-bond acceptors (Lipinski definition) is 3. The van der Waals surface area contributed by atoms with Crippen molar-refractivity contribution in [1.29, 1.82) is 0 Å². The summed E-state index contributed by atoms with van der Waals surface area (Å²) >= 11 is 0. The van der Waals surface area contributed by atoms with Gasteiger partial charge in [0.1, 0.15) is 6.54 Å². The zero-order chi connectivity index (χ0) is 12.7. The van der Waals surface area contributed by atoms with Gasteiger partial charge in [-0.2, -0.15) is 5.10 Å². The standard InChI is InChI=1S/C12H17BN2O2/c1-6-7-15-9-10(8-14-15)13-16-11(2,3)12(4,5)17-13/h1,8-9H,7H2,2-5H3. The highest BCUT2D eigenvalue weighted by Gasteiger charge is 2.52. The molecule has 0 aromatic carbocycles. The normalized spacial score (nSPS) is 21.5. The Hall–Kier alpha value is -1.25. The topological polar surface area (TPSA) is 36.3 Å². The lowest BCUT2D eigenvalue weighted by Gasteiger charge is -2.32. The van der Waals surface area contributed by atoms with E-state index in [0.717, 1.165) is 5.46 Å². The van der Waals surface area contributed by atoms with Crippen LogP contribution in [0.15, 0.2) is 12.4 Å². The van der Waals surface area contributed by atoms with Gasteiger partial charge in [0, 0.05) is 17.9 Å². The fourth-order valence-corrected chi connectivity index (χ4v) is 1.66. The molecular weight excluding hydrogens is 215 g/mol. The summed E-state index contributed by atoms with van der Waals surface area (Å²) in [6, 6.07) is 0. The average molecular weight is 232 g/mol. The summed E-state index contributed by atoms with van der Waals surface area (Å²) in [6.07, 6.45) is 8.83. The fraction of sp³-hybridized carbons (Fsp3) is 0.583. The van der Waals surface area contributed by atoms with Gasteiger partial charge in [-0.1, -0.05) is 5.92 Å². The van der Waals surface area contributed by atoms with Crippen LogP contribution in [0.5, 0.6) is 0 Å². The van der Waals surface area contributed by atoms with E-state index in [-0.39, 0.29) is 18.3 Å². The van der Waals surface area contributed by atoms with Crippen LogP contribution in [0.1, 0.15) is 27.7 Å². The van der Waals surface area contributed by atoms with E-state index in [9.17, 15) is 0 Å². The molecule has 4 nitrogen and oxygen atoms in total. The van der Waals surface area contributed by atoms with E-state index in [1.54, 1.807) is 10.9 Å². The van der Waals surface area contributed by atoms with Crippen LogP contribution in [0.4, 0.5) is 0 Å². The van der Waals surface area contributed by atoms with Crippen molar-refractivity contribution in [3.8, 4) is 12.3 Å². The minimum atomic E-state index is -0.369. The van der Waals surface area contributed by atoms with Gasteiger partial charge in [-0.25, -0.2) is 0 Å². The molecule has 0 atom stereocenters. The van der Waals surface area contributed by atoms with Crippen molar-refractivity contribution in [1.82, 2.24) is 9.78 Å². The second-order valence-corrected chi connectivity index (χ2v) is 5.26. The molecule has 17 heavy (non-hydrogen) atoms. The summed E-state index contributed by atoms with van der Waals surface area (Å²) < 4.78 is 13.5. The first kappa shape index (κ1) is 12.2. The van der Waals surface area contributed by atoms with Crippen molar-refractivity contribution in [3.05, 3.63) is 12.4 Å². The largest absolute Gasteiger partial charge is 0.498 e. The molecule has 5 heteroatoms. The second-order valence-electron chi connectivity index (χ2n) is 5.26. The molecular formula is C12H17BN2O2. The lowest BCUT2D eigenvalue weighted by atomic mass is 9.82. The lowest BCUT2D eigenvalue weighted by molar-refractivity contribution is 0.00578. The summed E-state index contributed by atoms with van der Waals surface area (Å²) in [5, 5.41) is 4.16. The fourth-order valence-electron chi connectivity index (χ4n) is 1.66. The summed E-state index contributed by atoms with van der Waals surface area (Å²) in [6.45, 7) is 8.56. The second kappa shape index (κ2) is 3.90. The molecule has 1 aliphatic rings. The van der Waals surface area contributed by atoms with E-state index >= 15 is 0 Å². The maximum Gasteiger partial charge on any atom is 0.498 e. The summed E-state index contributed by atoms with van der Waals surface area (Å²) in [4.78, 5) is 0. The van der Waals surface area contributed by atoms with Crippen molar-refractivity contribution < 1.29 is 9.31 Å². The molecule has 1 fully saturated rings. The van der Waals surface area contributed by atoms with Gasteiger partial charge in [-0.3, -0.25) is 4.68 Å². The molecule has 0 aliphatic carbocycles. The smallest absolute Gasteiger partial charge is 0.399 e.